The molecule has 1 aromatic heterocycles. The Morgan fingerprint density at radius 3 is 2.62 bits per heavy atom. The molecule has 2 aromatic rings. The predicted molar refractivity (Wildman–Crippen MR) is 85.1 cm³/mol. The minimum absolute atomic E-state index is 0.0410. The average Bonchev–Trinajstić information content (AvgIpc) is 2.40. The van der Waals surface area contributed by atoms with Crippen LogP contribution in [0.2, 0.25) is 0 Å². The monoisotopic (exact) mass is 346 g/mol. The molecular weight excluding hydrogens is 332 g/mol. The summed E-state index contributed by atoms with van der Waals surface area (Å²) in [6.45, 7) is 5.68. The van der Waals surface area contributed by atoms with Gasteiger partial charge in [-0.25, -0.2) is 0 Å². The van der Waals surface area contributed by atoms with E-state index < -0.39 is 5.41 Å². The van der Waals surface area contributed by atoms with Gasteiger partial charge < -0.3 is 4.57 Å². The lowest BCUT2D eigenvalue weighted by atomic mass is 9.90. The highest BCUT2D eigenvalue weighted by atomic mass is 79.9. The molecule has 0 N–H and O–H groups in total. The molecule has 1 aromatic carbocycles. The first-order valence-electron chi connectivity index (χ1n) is 6.50. The number of carbonyl (C=O) groups is 1. The van der Waals surface area contributed by atoms with Crippen molar-refractivity contribution in [2.45, 2.75) is 27.3 Å². The number of halogens is 1. The molecule has 0 radical (unpaired) electrons. The average molecular weight is 347 g/mol. The molecule has 4 nitrogen and oxygen atoms in total. The van der Waals surface area contributed by atoms with E-state index in [2.05, 4.69) is 15.9 Å². The van der Waals surface area contributed by atoms with Gasteiger partial charge in [-0.3, -0.25) is 9.59 Å². The van der Waals surface area contributed by atoms with Gasteiger partial charge in [0.25, 0.3) is 0 Å². The molecule has 2 rings (SSSR count). The summed E-state index contributed by atoms with van der Waals surface area (Å²) in [4.78, 5) is 24.4. The van der Waals surface area contributed by atoms with E-state index in [1.165, 1.54) is 6.20 Å². The van der Waals surface area contributed by atoms with E-state index in [4.69, 9.17) is 5.26 Å². The molecule has 0 fully saturated rings. The maximum atomic E-state index is 12.2. The number of nitriles is 1. The maximum absolute atomic E-state index is 12.2. The fraction of sp³-hybridized carbons (Fsp3) is 0.312. The molecule has 0 unspecified atom stereocenters. The van der Waals surface area contributed by atoms with Crippen molar-refractivity contribution < 1.29 is 4.79 Å². The Kier molecular flexibility index (Phi) is 4.02. The number of aromatic nitrogens is 1. The smallest absolute Gasteiger partial charge is 0.207 e. The van der Waals surface area contributed by atoms with Crippen molar-refractivity contribution in [3.63, 3.8) is 0 Å². The minimum Gasteiger partial charge on any atom is -0.338 e. The molecule has 21 heavy (non-hydrogen) atoms. The highest BCUT2D eigenvalue weighted by Gasteiger charge is 2.22. The molecule has 0 aliphatic heterocycles. The lowest BCUT2D eigenvalue weighted by Crippen LogP contribution is -2.26. The van der Waals surface area contributed by atoms with Gasteiger partial charge >= 0.3 is 0 Å². The van der Waals surface area contributed by atoms with Gasteiger partial charge in [0.05, 0.1) is 12.1 Å². The van der Waals surface area contributed by atoms with Crippen LogP contribution in [-0.2, 0) is 11.3 Å². The molecule has 0 bridgehead atoms. The Morgan fingerprint density at radius 2 is 2.05 bits per heavy atom. The van der Waals surface area contributed by atoms with Crippen molar-refractivity contribution >= 4 is 32.6 Å². The van der Waals surface area contributed by atoms with Crippen LogP contribution in [0.1, 0.15) is 26.3 Å². The van der Waals surface area contributed by atoms with E-state index >= 15 is 0 Å². The highest BCUT2D eigenvalue weighted by molar-refractivity contribution is 9.10. The number of carbonyl (C=O) groups excluding carboxylic acids is 1. The van der Waals surface area contributed by atoms with E-state index in [-0.39, 0.29) is 23.3 Å². The van der Waals surface area contributed by atoms with Crippen LogP contribution in [-0.4, -0.2) is 10.4 Å². The summed E-state index contributed by atoms with van der Waals surface area (Å²) < 4.78 is 2.44. The number of Topliss-reactive ketones (excluding diaryl/α,β-unsaturated/α-hetero) is 1. The Bertz CT molecular complexity index is 823. The van der Waals surface area contributed by atoms with Gasteiger partial charge in [-0.15, -0.1) is 0 Å². The van der Waals surface area contributed by atoms with Gasteiger partial charge in [0.15, 0.2) is 5.78 Å². The Labute approximate surface area is 131 Å². The highest BCUT2D eigenvalue weighted by Crippen LogP contribution is 2.20. The Balaban J connectivity index is 2.70. The second-order valence-corrected chi connectivity index (χ2v) is 6.86. The van der Waals surface area contributed by atoms with Crippen molar-refractivity contribution in [1.29, 1.82) is 5.26 Å². The van der Waals surface area contributed by atoms with Crippen LogP contribution in [0.15, 0.2) is 33.7 Å². The summed E-state index contributed by atoms with van der Waals surface area (Å²) in [6, 6.07) is 7.16. The fourth-order valence-electron chi connectivity index (χ4n) is 1.97. The second kappa shape index (κ2) is 5.45. The zero-order valence-electron chi connectivity index (χ0n) is 12.1. The van der Waals surface area contributed by atoms with Crippen molar-refractivity contribution in [1.82, 2.24) is 4.57 Å². The maximum Gasteiger partial charge on any atom is 0.207 e. The van der Waals surface area contributed by atoms with Crippen LogP contribution >= 0.6 is 15.9 Å². The van der Waals surface area contributed by atoms with E-state index in [1.54, 1.807) is 16.7 Å². The predicted octanol–water partition coefficient (Wildman–Crippen LogP) is 3.25. The number of ketones is 1. The summed E-state index contributed by atoms with van der Waals surface area (Å²) in [5.41, 5.74) is -0.0900. The summed E-state index contributed by atoms with van der Waals surface area (Å²) in [5, 5.41) is 9.54. The molecule has 0 atom stereocenters. The summed E-state index contributed by atoms with van der Waals surface area (Å²) in [5.74, 6) is 0.0410. The van der Waals surface area contributed by atoms with Crippen LogP contribution < -0.4 is 5.43 Å². The first kappa shape index (κ1) is 15.5. The van der Waals surface area contributed by atoms with Crippen LogP contribution in [0.5, 0.6) is 0 Å². The van der Waals surface area contributed by atoms with Gasteiger partial charge in [-0.1, -0.05) is 36.7 Å². The zero-order valence-corrected chi connectivity index (χ0v) is 13.7. The van der Waals surface area contributed by atoms with Gasteiger partial charge in [0.1, 0.15) is 11.6 Å². The van der Waals surface area contributed by atoms with E-state index in [1.807, 2.05) is 32.9 Å². The number of nitrogens with zero attached hydrogens (tertiary/aromatic N) is 2. The molecular formula is C16H15BrN2O2. The zero-order chi connectivity index (χ0) is 15.8. The third-order valence-corrected chi connectivity index (χ3v) is 3.81. The lowest BCUT2D eigenvalue weighted by molar-refractivity contribution is -0.126. The van der Waals surface area contributed by atoms with E-state index in [0.717, 1.165) is 4.47 Å². The number of pyridine rings is 1. The molecule has 1 heterocycles. The van der Waals surface area contributed by atoms with Crippen LogP contribution in [0.25, 0.3) is 10.9 Å². The molecule has 0 spiro atoms. The third-order valence-electron chi connectivity index (χ3n) is 3.31. The largest absolute Gasteiger partial charge is 0.338 e. The Hall–Kier alpha value is -1.93. The van der Waals surface area contributed by atoms with Crippen molar-refractivity contribution in [2.75, 3.05) is 0 Å². The lowest BCUT2D eigenvalue weighted by Gasteiger charge is -2.19. The normalized spacial score (nSPS) is 11.4. The van der Waals surface area contributed by atoms with Crippen molar-refractivity contribution in [3.05, 3.63) is 44.7 Å². The molecule has 0 aliphatic carbocycles. The standard InChI is InChI=1S/C16H15BrN2O2/c1-16(2,3)14(20)9-19-8-10(7-18)15(21)12-6-11(17)4-5-13(12)19/h4-6,8H,9H2,1-3H3. The number of benzene rings is 1. The van der Waals surface area contributed by atoms with Crippen LogP contribution in [0.4, 0.5) is 0 Å². The summed E-state index contributed by atoms with van der Waals surface area (Å²) in [6.07, 6.45) is 1.46. The summed E-state index contributed by atoms with van der Waals surface area (Å²) >= 11 is 3.32. The third kappa shape index (κ3) is 3.06. The SMILES string of the molecule is CC(C)(C)C(=O)Cn1cc(C#N)c(=O)c2cc(Br)ccc21. The van der Waals surface area contributed by atoms with Gasteiger partial charge in [-0.2, -0.15) is 5.26 Å². The van der Waals surface area contributed by atoms with E-state index in [0.29, 0.717) is 10.9 Å². The molecule has 0 aliphatic rings. The molecule has 108 valence electrons. The van der Waals surface area contributed by atoms with Gasteiger partial charge in [0.2, 0.25) is 5.43 Å². The van der Waals surface area contributed by atoms with Crippen LogP contribution in [0.3, 0.4) is 0 Å². The number of hydrogen-bond donors (Lipinski definition) is 0. The minimum atomic E-state index is -0.475. The quantitative estimate of drug-likeness (QED) is 0.838. The van der Waals surface area contributed by atoms with Gasteiger partial charge in [0, 0.05) is 21.5 Å². The topological polar surface area (TPSA) is 62.9 Å². The van der Waals surface area contributed by atoms with Crippen molar-refractivity contribution in [3.8, 4) is 6.07 Å². The van der Waals surface area contributed by atoms with E-state index in [9.17, 15) is 9.59 Å². The summed E-state index contributed by atoms with van der Waals surface area (Å²) in [7, 11) is 0. The number of fused-ring (bicyclic) bond motifs is 1. The van der Waals surface area contributed by atoms with Crippen molar-refractivity contribution in [2.24, 2.45) is 5.41 Å². The molecule has 0 amide bonds. The molecule has 5 heteroatoms. The Morgan fingerprint density at radius 1 is 1.38 bits per heavy atom. The van der Waals surface area contributed by atoms with Crippen LogP contribution in [0, 0.1) is 16.7 Å². The molecule has 0 saturated carbocycles. The van der Waals surface area contributed by atoms with Gasteiger partial charge in [-0.05, 0) is 18.2 Å². The first-order chi connectivity index (χ1) is 9.74. The fourth-order valence-corrected chi connectivity index (χ4v) is 2.33. The molecule has 0 saturated heterocycles. The second-order valence-electron chi connectivity index (χ2n) is 5.95. The number of rotatable bonds is 2. The number of hydrogen-bond acceptors (Lipinski definition) is 3. The first-order valence-corrected chi connectivity index (χ1v) is 7.29.